The Morgan fingerprint density at radius 1 is 1.39 bits per heavy atom. The largest absolute Gasteiger partial charge is 0.436 e. The quantitative estimate of drug-likeness (QED) is 0.819. The van der Waals surface area contributed by atoms with Gasteiger partial charge in [0, 0.05) is 13.1 Å². The molecule has 0 aliphatic carbocycles. The van der Waals surface area contributed by atoms with Crippen LogP contribution in [0.1, 0.15) is 38.2 Å². The number of aromatic nitrogens is 2. The van der Waals surface area contributed by atoms with E-state index < -0.39 is 28.8 Å². The van der Waals surface area contributed by atoms with E-state index in [1.165, 1.54) is 13.8 Å². The van der Waals surface area contributed by atoms with Crippen LogP contribution in [0.15, 0.2) is 0 Å². The maximum atomic E-state index is 12.8. The average molecular weight is 355 g/mol. The number of halogens is 4. The van der Waals surface area contributed by atoms with Gasteiger partial charge in [0.2, 0.25) is 5.91 Å². The number of amides is 1. The van der Waals surface area contributed by atoms with Gasteiger partial charge in [-0.25, -0.2) is 0 Å². The molecule has 23 heavy (non-hydrogen) atoms. The molecule has 1 heterocycles. The van der Waals surface area contributed by atoms with Crippen molar-refractivity contribution in [1.29, 1.82) is 0 Å². The van der Waals surface area contributed by atoms with Gasteiger partial charge in [-0.15, -0.1) is 0 Å². The Hall–Kier alpha value is -1.28. The van der Waals surface area contributed by atoms with E-state index >= 15 is 0 Å². The van der Waals surface area contributed by atoms with Crippen molar-refractivity contribution in [3.63, 3.8) is 0 Å². The second-order valence-corrected chi connectivity index (χ2v) is 5.56. The minimum atomic E-state index is -4.65. The molecule has 9 heteroatoms. The predicted octanol–water partition coefficient (Wildman–Crippen LogP) is 2.88. The fourth-order valence-corrected chi connectivity index (χ4v) is 2.42. The Kier molecular flexibility index (Phi) is 6.88. The monoisotopic (exact) mass is 354 g/mol. The number of nitrogens with zero attached hydrogens (tertiary/aromatic N) is 3. The van der Waals surface area contributed by atoms with Crippen LogP contribution in [0.4, 0.5) is 13.2 Å². The summed E-state index contributed by atoms with van der Waals surface area (Å²) in [6, 6.07) is -0.875. The first-order valence-corrected chi connectivity index (χ1v) is 7.83. The third-order valence-electron chi connectivity index (χ3n) is 3.71. The molecule has 5 nitrogen and oxygen atoms in total. The molecule has 0 aliphatic rings. The number of alkyl halides is 3. The molecule has 0 bridgehead atoms. The summed E-state index contributed by atoms with van der Waals surface area (Å²) in [6.45, 7) is 9.76. The number of hydrogen-bond acceptors (Lipinski definition) is 3. The van der Waals surface area contributed by atoms with E-state index in [0.29, 0.717) is 13.1 Å². The van der Waals surface area contributed by atoms with Crippen molar-refractivity contribution in [3.05, 3.63) is 16.4 Å². The molecule has 1 unspecified atom stereocenters. The maximum Gasteiger partial charge on any atom is 0.436 e. The van der Waals surface area contributed by atoms with E-state index in [1.807, 2.05) is 13.8 Å². The lowest BCUT2D eigenvalue weighted by molar-refractivity contribution is -0.141. The van der Waals surface area contributed by atoms with Crippen molar-refractivity contribution < 1.29 is 18.0 Å². The third kappa shape index (κ3) is 4.84. The average Bonchev–Trinajstić information content (AvgIpc) is 2.79. The first-order chi connectivity index (χ1) is 10.6. The molecule has 1 aromatic heterocycles. The van der Waals surface area contributed by atoms with Gasteiger partial charge in [-0.05, 0) is 26.9 Å². The van der Waals surface area contributed by atoms with Crippen LogP contribution in [-0.2, 0) is 11.0 Å². The van der Waals surface area contributed by atoms with Crippen molar-refractivity contribution in [2.24, 2.45) is 0 Å². The topological polar surface area (TPSA) is 50.2 Å². The van der Waals surface area contributed by atoms with E-state index in [9.17, 15) is 18.0 Å². The molecule has 0 fully saturated rings. The zero-order valence-corrected chi connectivity index (χ0v) is 14.4. The molecule has 1 N–H and O–H groups in total. The van der Waals surface area contributed by atoms with Gasteiger partial charge in [0.1, 0.15) is 6.04 Å². The molecule has 0 aromatic carbocycles. The number of rotatable bonds is 7. The molecular weight excluding hydrogens is 333 g/mol. The summed E-state index contributed by atoms with van der Waals surface area (Å²) < 4.78 is 39.4. The van der Waals surface area contributed by atoms with Gasteiger partial charge >= 0.3 is 6.18 Å². The highest BCUT2D eigenvalue weighted by atomic mass is 35.5. The summed E-state index contributed by atoms with van der Waals surface area (Å²) in [5.74, 6) is -0.395. The molecular formula is C14H22ClF3N4O. The molecule has 1 atom stereocenters. The lowest BCUT2D eigenvalue weighted by Crippen LogP contribution is -2.38. The molecule has 1 amide bonds. The van der Waals surface area contributed by atoms with E-state index in [0.717, 1.165) is 17.8 Å². The molecule has 0 radical (unpaired) electrons. The molecule has 0 aliphatic heterocycles. The van der Waals surface area contributed by atoms with Crippen molar-refractivity contribution in [1.82, 2.24) is 20.0 Å². The van der Waals surface area contributed by atoms with Gasteiger partial charge < -0.3 is 10.2 Å². The van der Waals surface area contributed by atoms with E-state index in [2.05, 4.69) is 15.3 Å². The molecule has 1 aromatic rings. The van der Waals surface area contributed by atoms with Gasteiger partial charge in [-0.3, -0.25) is 9.48 Å². The lowest BCUT2D eigenvalue weighted by Gasteiger charge is -2.19. The van der Waals surface area contributed by atoms with Crippen LogP contribution >= 0.6 is 11.6 Å². The first-order valence-electron chi connectivity index (χ1n) is 7.45. The third-order valence-corrected chi connectivity index (χ3v) is 4.17. The highest BCUT2D eigenvalue weighted by molar-refractivity contribution is 6.32. The van der Waals surface area contributed by atoms with Gasteiger partial charge in [-0.1, -0.05) is 25.4 Å². The van der Waals surface area contributed by atoms with Crippen LogP contribution in [0.5, 0.6) is 0 Å². The van der Waals surface area contributed by atoms with Crippen LogP contribution in [0, 0.1) is 6.92 Å². The highest BCUT2D eigenvalue weighted by Gasteiger charge is 2.39. The van der Waals surface area contributed by atoms with Crippen molar-refractivity contribution in [2.75, 3.05) is 26.2 Å². The Bertz CT molecular complexity index is 541. The summed E-state index contributed by atoms with van der Waals surface area (Å²) in [5, 5.41) is 5.70. The summed E-state index contributed by atoms with van der Waals surface area (Å²) in [5.41, 5.74) is -1.05. The van der Waals surface area contributed by atoms with Gasteiger partial charge in [0.15, 0.2) is 5.69 Å². The maximum absolute atomic E-state index is 12.8. The fraction of sp³-hybridized carbons (Fsp3) is 0.714. The van der Waals surface area contributed by atoms with Crippen LogP contribution in [0.2, 0.25) is 5.02 Å². The lowest BCUT2D eigenvalue weighted by atomic mass is 10.3. The summed E-state index contributed by atoms with van der Waals surface area (Å²) in [4.78, 5) is 14.2. The smallest absolute Gasteiger partial charge is 0.353 e. The Labute approximate surface area is 138 Å². The standard InChI is InChI=1S/C14H22ClF3N4O/c1-5-21(6-2)8-7-19-13(23)10(4)22-9(3)11(15)12(20-22)14(16,17)18/h10H,5-8H2,1-4H3,(H,19,23). The fourth-order valence-electron chi connectivity index (χ4n) is 2.19. The van der Waals surface area contributed by atoms with Crippen molar-refractivity contribution >= 4 is 17.5 Å². The first kappa shape index (κ1) is 19.8. The van der Waals surface area contributed by atoms with Crippen LogP contribution in [0.3, 0.4) is 0 Å². The highest BCUT2D eigenvalue weighted by Crippen LogP contribution is 2.36. The Morgan fingerprint density at radius 3 is 2.39 bits per heavy atom. The molecule has 0 spiro atoms. The van der Waals surface area contributed by atoms with Crippen molar-refractivity contribution in [3.8, 4) is 0 Å². The number of hydrogen-bond donors (Lipinski definition) is 1. The SMILES string of the molecule is CCN(CC)CCNC(=O)C(C)n1nc(C(F)(F)F)c(Cl)c1C. The summed E-state index contributed by atoms with van der Waals surface area (Å²) in [6.07, 6.45) is -4.65. The molecule has 0 saturated carbocycles. The molecule has 1 rings (SSSR count). The van der Waals surface area contributed by atoms with E-state index in [-0.39, 0.29) is 5.69 Å². The minimum Gasteiger partial charge on any atom is -0.353 e. The van der Waals surface area contributed by atoms with Crippen LogP contribution in [-0.4, -0.2) is 46.8 Å². The summed E-state index contributed by atoms with van der Waals surface area (Å²) >= 11 is 5.69. The molecule has 132 valence electrons. The van der Waals surface area contributed by atoms with Crippen LogP contribution < -0.4 is 5.32 Å². The van der Waals surface area contributed by atoms with Crippen molar-refractivity contribution in [2.45, 2.75) is 39.9 Å². The zero-order valence-electron chi connectivity index (χ0n) is 13.7. The normalized spacial score (nSPS) is 13.4. The second kappa shape index (κ2) is 8.01. The minimum absolute atomic E-state index is 0.116. The number of likely N-dealkylation sites (N-methyl/N-ethyl adjacent to an activating group) is 1. The second-order valence-electron chi connectivity index (χ2n) is 5.18. The van der Waals surface area contributed by atoms with Gasteiger partial charge in [0.25, 0.3) is 0 Å². The number of nitrogens with one attached hydrogen (secondary N) is 1. The zero-order chi connectivity index (χ0) is 17.8. The predicted molar refractivity (Wildman–Crippen MR) is 82.5 cm³/mol. The number of carbonyl (C=O) groups is 1. The van der Waals surface area contributed by atoms with E-state index in [1.54, 1.807) is 0 Å². The number of carbonyl (C=O) groups excluding carboxylic acids is 1. The Balaban J connectivity index is 2.77. The van der Waals surface area contributed by atoms with Gasteiger partial charge in [-0.2, -0.15) is 18.3 Å². The molecule has 0 saturated heterocycles. The Morgan fingerprint density at radius 2 is 1.96 bits per heavy atom. The van der Waals surface area contributed by atoms with E-state index in [4.69, 9.17) is 11.6 Å². The van der Waals surface area contributed by atoms with Gasteiger partial charge in [0.05, 0.1) is 10.7 Å². The van der Waals surface area contributed by atoms with Crippen LogP contribution in [0.25, 0.3) is 0 Å². The summed E-state index contributed by atoms with van der Waals surface area (Å²) in [7, 11) is 0.